The number of guanidine groups is 1. The van der Waals surface area contributed by atoms with Gasteiger partial charge in [-0.3, -0.25) is 4.99 Å². The van der Waals surface area contributed by atoms with Crippen LogP contribution in [0.1, 0.15) is 37.7 Å². The minimum Gasteiger partial charge on any atom is -0.356 e. The Hall–Kier alpha value is -1.65. The van der Waals surface area contributed by atoms with Gasteiger partial charge in [-0.15, -0.1) is 0 Å². The van der Waals surface area contributed by atoms with Gasteiger partial charge in [0.05, 0.1) is 0 Å². The van der Waals surface area contributed by atoms with E-state index in [0.717, 1.165) is 25.1 Å². The lowest BCUT2D eigenvalue weighted by atomic mass is 9.86. The van der Waals surface area contributed by atoms with Crippen LogP contribution >= 0.6 is 0 Å². The van der Waals surface area contributed by atoms with Crippen LogP contribution in [-0.2, 0) is 6.42 Å². The van der Waals surface area contributed by atoms with Crippen LogP contribution in [0.15, 0.2) is 23.2 Å². The van der Waals surface area contributed by atoms with Crippen molar-refractivity contribution in [2.75, 3.05) is 26.7 Å². The van der Waals surface area contributed by atoms with Crippen molar-refractivity contribution in [1.29, 1.82) is 0 Å². The topological polar surface area (TPSA) is 27.6 Å². The van der Waals surface area contributed by atoms with E-state index in [1.54, 1.807) is 7.05 Å². The molecular formula is C18H25F2N3. The highest BCUT2D eigenvalue weighted by atomic mass is 19.1. The van der Waals surface area contributed by atoms with Gasteiger partial charge in [-0.2, -0.15) is 0 Å². The molecule has 1 spiro atoms. The molecule has 1 aromatic carbocycles. The minimum atomic E-state index is -0.395. The second kappa shape index (κ2) is 6.85. The summed E-state index contributed by atoms with van der Waals surface area (Å²) in [5.41, 5.74) is 0.897. The first-order chi connectivity index (χ1) is 11.1. The SMILES string of the molecule is CN=C(NCCc1cc(F)ccc1F)N1CCC2(CCCC2)C1. The summed E-state index contributed by atoms with van der Waals surface area (Å²) in [6, 6.07) is 3.60. The van der Waals surface area contributed by atoms with Gasteiger partial charge in [0.1, 0.15) is 11.6 Å². The molecule has 2 fully saturated rings. The van der Waals surface area contributed by atoms with Crippen molar-refractivity contribution in [2.45, 2.75) is 38.5 Å². The Bertz CT molecular complexity index is 580. The van der Waals surface area contributed by atoms with Crippen molar-refractivity contribution in [3.05, 3.63) is 35.4 Å². The first-order valence-corrected chi connectivity index (χ1v) is 8.51. The summed E-state index contributed by atoms with van der Waals surface area (Å²) < 4.78 is 26.8. The Balaban J connectivity index is 1.53. The molecule has 23 heavy (non-hydrogen) atoms. The summed E-state index contributed by atoms with van der Waals surface area (Å²) in [5.74, 6) is 0.133. The van der Waals surface area contributed by atoms with Gasteiger partial charge in [-0.25, -0.2) is 8.78 Å². The van der Waals surface area contributed by atoms with Gasteiger partial charge in [0.25, 0.3) is 0 Å². The van der Waals surface area contributed by atoms with Crippen LogP contribution in [0.2, 0.25) is 0 Å². The number of nitrogens with zero attached hydrogens (tertiary/aromatic N) is 2. The third kappa shape index (κ3) is 3.65. The molecule has 2 aliphatic rings. The van der Waals surface area contributed by atoms with Gasteiger partial charge in [-0.05, 0) is 54.9 Å². The van der Waals surface area contributed by atoms with Crippen LogP contribution in [0.3, 0.4) is 0 Å². The Kier molecular flexibility index (Phi) is 4.83. The largest absolute Gasteiger partial charge is 0.356 e. The summed E-state index contributed by atoms with van der Waals surface area (Å²) in [5, 5.41) is 3.30. The van der Waals surface area contributed by atoms with Crippen molar-refractivity contribution in [3.8, 4) is 0 Å². The van der Waals surface area contributed by atoms with E-state index in [1.807, 2.05) is 0 Å². The van der Waals surface area contributed by atoms with Crippen LogP contribution in [-0.4, -0.2) is 37.5 Å². The summed E-state index contributed by atoms with van der Waals surface area (Å²) in [7, 11) is 1.78. The summed E-state index contributed by atoms with van der Waals surface area (Å²) in [4.78, 5) is 6.67. The quantitative estimate of drug-likeness (QED) is 0.683. The fraction of sp³-hybridized carbons (Fsp3) is 0.611. The second-order valence-corrected chi connectivity index (χ2v) is 6.84. The molecule has 0 unspecified atom stereocenters. The highest BCUT2D eigenvalue weighted by Crippen LogP contribution is 2.45. The number of aliphatic imine (C=N–C) groups is 1. The number of halogens is 2. The standard InChI is InChI=1S/C18H25F2N3/c1-21-17(23-11-9-18(13-23)7-2-3-8-18)22-10-6-14-12-15(19)4-5-16(14)20/h4-5,12H,2-3,6-11,13H2,1H3,(H,21,22). The zero-order valence-corrected chi connectivity index (χ0v) is 13.7. The average molecular weight is 321 g/mol. The van der Waals surface area contributed by atoms with Gasteiger partial charge in [0, 0.05) is 26.7 Å². The molecule has 3 nitrogen and oxygen atoms in total. The molecule has 1 saturated carbocycles. The smallest absolute Gasteiger partial charge is 0.193 e. The molecule has 126 valence electrons. The van der Waals surface area contributed by atoms with E-state index in [1.165, 1.54) is 44.2 Å². The lowest BCUT2D eigenvalue weighted by Gasteiger charge is -2.26. The molecule has 1 aliphatic heterocycles. The Labute approximate surface area is 136 Å². The van der Waals surface area contributed by atoms with Crippen LogP contribution in [0.25, 0.3) is 0 Å². The second-order valence-electron chi connectivity index (χ2n) is 6.84. The van der Waals surface area contributed by atoms with Crippen LogP contribution in [0.5, 0.6) is 0 Å². The summed E-state index contributed by atoms with van der Waals surface area (Å²) >= 11 is 0. The molecule has 0 atom stereocenters. The van der Waals surface area contributed by atoms with E-state index in [2.05, 4.69) is 15.2 Å². The number of hydrogen-bond acceptors (Lipinski definition) is 1. The molecule has 1 N–H and O–H groups in total. The van der Waals surface area contributed by atoms with Gasteiger partial charge < -0.3 is 10.2 Å². The van der Waals surface area contributed by atoms with Gasteiger partial charge >= 0.3 is 0 Å². The minimum absolute atomic E-state index is 0.353. The first-order valence-electron chi connectivity index (χ1n) is 8.51. The molecule has 3 rings (SSSR count). The average Bonchev–Trinajstić information content (AvgIpc) is 3.18. The molecule has 1 saturated heterocycles. The molecular weight excluding hydrogens is 296 g/mol. The maximum Gasteiger partial charge on any atom is 0.193 e. The zero-order chi connectivity index (χ0) is 16.3. The Morgan fingerprint density at radius 2 is 2.04 bits per heavy atom. The molecule has 0 radical (unpaired) electrons. The molecule has 0 aromatic heterocycles. The maximum atomic E-state index is 13.6. The van der Waals surface area contributed by atoms with E-state index in [0.29, 0.717) is 23.9 Å². The predicted octanol–water partition coefficient (Wildman–Crippen LogP) is 3.35. The van der Waals surface area contributed by atoms with E-state index >= 15 is 0 Å². The molecule has 1 heterocycles. The number of likely N-dealkylation sites (tertiary alicyclic amines) is 1. The lowest BCUT2D eigenvalue weighted by Crippen LogP contribution is -2.41. The van der Waals surface area contributed by atoms with Crippen molar-refractivity contribution >= 4 is 5.96 Å². The van der Waals surface area contributed by atoms with E-state index in [-0.39, 0.29) is 5.82 Å². The third-order valence-corrected chi connectivity index (χ3v) is 5.30. The van der Waals surface area contributed by atoms with E-state index in [4.69, 9.17) is 0 Å². The fourth-order valence-electron chi connectivity index (χ4n) is 4.03. The lowest BCUT2D eigenvalue weighted by molar-refractivity contribution is 0.309. The van der Waals surface area contributed by atoms with Crippen molar-refractivity contribution in [1.82, 2.24) is 10.2 Å². The number of nitrogens with one attached hydrogen (secondary N) is 1. The predicted molar refractivity (Wildman–Crippen MR) is 88.5 cm³/mol. The molecule has 1 aromatic rings. The molecule has 5 heteroatoms. The number of rotatable bonds is 3. The van der Waals surface area contributed by atoms with Crippen LogP contribution < -0.4 is 5.32 Å². The van der Waals surface area contributed by atoms with Crippen molar-refractivity contribution < 1.29 is 8.78 Å². The van der Waals surface area contributed by atoms with Gasteiger partial charge in [0.2, 0.25) is 0 Å². The highest BCUT2D eigenvalue weighted by Gasteiger charge is 2.40. The van der Waals surface area contributed by atoms with E-state index in [9.17, 15) is 8.78 Å². The van der Waals surface area contributed by atoms with Crippen LogP contribution in [0.4, 0.5) is 8.78 Å². The van der Waals surface area contributed by atoms with Gasteiger partial charge in [0.15, 0.2) is 5.96 Å². The highest BCUT2D eigenvalue weighted by molar-refractivity contribution is 5.80. The monoisotopic (exact) mass is 321 g/mol. The first kappa shape index (κ1) is 16.2. The van der Waals surface area contributed by atoms with Crippen molar-refractivity contribution in [3.63, 3.8) is 0 Å². The maximum absolute atomic E-state index is 13.6. The summed E-state index contributed by atoms with van der Waals surface area (Å²) in [6.45, 7) is 2.66. The normalized spacial score (nSPS) is 20.5. The van der Waals surface area contributed by atoms with Crippen LogP contribution in [0, 0.1) is 17.0 Å². The summed E-state index contributed by atoms with van der Waals surface area (Å²) in [6.07, 6.45) is 7.04. The third-order valence-electron chi connectivity index (χ3n) is 5.30. The molecule has 1 aliphatic carbocycles. The Morgan fingerprint density at radius 1 is 1.26 bits per heavy atom. The molecule has 0 amide bonds. The number of benzene rings is 1. The molecule has 0 bridgehead atoms. The van der Waals surface area contributed by atoms with Gasteiger partial charge in [-0.1, -0.05) is 12.8 Å². The zero-order valence-electron chi connectivity index (χ0n) is 13.7. The van der Waals surface area contributed by atoms with E-state index < -0.39 is 5.82 Å². The number of hydrogen-bond donors (Lipinski definition) is 1. The van der Waals surface area contributed by atoms with Crippen molar-refractivity contribution in [2.24, 2.45) is 10.4 Å². The fourth-order valence-corrected chi connectivity index (χ4v) is 4.03. The Morgan fingerprint density at radius 3 is 2.78 bits per heavy atom.